The fourth-order valence-corrected chi connectivity index (χ4v) is 4.59. The summed E-state index contributed by atoms with van der Waals surface area (Å²) in [6.07, 6.45) is 1.67. The Morgan fingerprint density at radius 3 is 2.55 bits per heavy atom. The van der Waals surface area contributed by atoms with Gasteiger partial charge >= 0.3 is 0 Å². The lowest BCUT2D eigenvalue weighted by atomic mass is 10.2. The normalized spacial score (nSPS) is 11.1. The van der Waals surface area contributed by atoms with E-state index >= 15 is 0 Å². The Morgan fingerprint density at radius 2 is 1.88 bits per heavy atom. The van der Waals surface area contributed by atoms with Crippen LogP contribution in [0, 0.1) is 13.8 Å². The maximum Gasteiger partial charge on any atom is 0.250 e. The molecule has 2 aromatic carbocycles. The van der Waals surface area contributed by atoms with Crippen LogP contribution in [0.15, 0.2) is 70.2 Å². The molecule has 0 saturated heterocycles. The standard InChI is InChI=1S/C24H23N5O2S2/c1-16-4-8-19(9-5-16)29-23(18-6-10-20(31-3)11-7-18)27-28-24(29)33-15-22(30)26-25-14-21-17(2)12-13-32-21/h4-14H,15H2,1-3H3,(H,26,30)/b25-14-. The number of hydrazone groups is 1. The first-order chi connectivity index (χ1) is 16.0. The number of carbonyl (C=O) groups excluding carboxylic acids is 1. The summed E-state index contributed by atoms with van der Waals surface area (Å²) in [4.78, 5) is 13.4. The number of nitrogens with zero attached hydrogens (tertiary/aromatic N) is 4. The van der Waals surface area contributed by atoms with Gasteiger partial charge in [0.2, 0.25) is 0 Å². The molecule has 9 heteroatoms. The first kappa shape index (κ1) is 22.8. The van der Waals surface area contributed by atoms with E-state index in [-0.39, 0.29) is 11.7 Å². The number of aryl methyl sites for hydroxylation is 2. The molecule has 0 unspecified atom stereocenters. The number of ether oxygens (including phenoxy) is 1. The maximum atomic E-state index is 12.4. The van der Waals surface area contributed by atoms with Crippen molar-refractivity contribution in [2.45, 2.75) is 19.0 Å². The zero-order chi connectivity index (χ0) is 23.2. The predicted octanol–water partition coefficient (Wildman–Crippen LogP) is 4.86. The van der Waals surface area contributed by atoms with Gasteiger partial charge in [-0.1, -0.05) is 29.5 Å². The molecule has 1 N–H and O–H groups in total. The van der Waals surface area contributed by atoms with Crippen molar-refractivity contribution in [2.24, 2.45) is 5.10 Å². The molecule has 0 atom stereocenters. The monoisotopic (exact) mass is 477 g/mol. The molecule has 0 aliphatic carbocycles. The highest BCUT2D eigenvalue weighted by Crippen LogP contribution is 2.29. The second-order valence-electron chi connectivity index (χ2n) is 7.26. The molecule has 0 bridgehead atoms. The van der Waals surface area contributed by atoms with Crippen molar-refractivity contribution in [2.75, 3.05) is 12.9 Å². The average molecular weight is 478 g/mol. The summed E-state index contributed by atoms with van der Waals surface area (Å²) in [7, 11) is 1.63. The molecular formula is C24H23N5O2S2. The van der Waals surface area contributed by atoms with Crippen molar-refractivity contribution in [3.8, 4) is 22.8 Å². The van der Waals surface area contributed by atoms with Gasteiger partial charge in [-0.15, -0.1) is 21.5 Å². The van der Waals surface area contributed by atoms with Crippen LogP contribution in [0.4, 0.5) is 0 Å². The maximum absolute atomic E-state index is 12.4. The highest BCUT2D eigenvalue weighted by molar-refractivity contribution is 7.99. The van der Waals surface area contributed by atoms with Gasteiger partial charge in [-0.05, 0) is 67.3 Å². The Kier molecular flexibility index (Phi) is 7.21. The van der Waals surface area contributed by atoms with Crippen LogP contribution in [0.2, 0.25) is 0 Å². The van der Waals surface area contributed by atoms with Crippen molar-refractivity contribution >= 4 is 35.2 Å². The van der Waals surface area contributed by atoms with E-state index in [1.165, 1.54) is 11.8 Å². The molecule has 0 radical (unpaired) electrons. The quantitative estimate of drug-likeness (QED) is 0.223. The first-order valence-corrected chi connectivity index (χ1v) is 12.1. The summed E-state index contributed by atoms with van der Waals surface area (Å²) in [6, 6.07) is 17.8. The zero-order valence-electron chi connectivity index (χ0n) is 18.5. The summed E-state index contributed by atoms with van der Waals surface area (Å²) in [5.74, 6) is 1.41. The van der Waals surface area contributed by atoms with Crippen LogP contribution in [0.25, 0.3) is 17.1 Å². The molecule has 0 aliphatic rings. The number of hydrogen-bond acceptors (Lipinski definition) is 7. The van der Waals surface area contributed by atoms with Gasteiger partial charge in [0.15, 0.2) is 11.0 Å². The molecule has 33 heavy (non-hydrogen) atoms. The van der Waals surface area contributed by atoms with Gasteiger partial charge in [-0.2, -0.15) is 5.10 Å². The van der Waals surface area contributed by atoms with Gasteiger partial charge in [0.05, 0.1) is 19.1 Å². The van der Waals surface area contributed by atoms with Gasteiger partial charge in [0.25, 0.3) is 5.91 Å². The third-order valence-corrected chi connectivity index (χ3v) is 6.76. The zero-order valence-corrected chi connectivity index (χ0v) is 20.1. The Labute approximate surface area is 200 Å². The Balaban J connectivity index is 1.54. The van der Waals surface area contributed by atoms with Crippen molar-refractivity contribution in [1.29, 1.82) is 0 Å². The van der Waals surface area contributed by atoms with Crippen LogP contribution in [-0.4, -0.2) is 39.7 Å². The van der Waals surface area contributed by atoms with Gasteiger partial charge in [0.1, 0.15) is 5.75 Å². The number of amides is 1. The molecule has 1 amide bonds. The topological polar surface area (TPSA) is 81.4 Å². The summed E-state index contributed by atoms with van der Waals surface area (Å²) in [6.45, 7) is 4.05. The van der Waals surface area contributed by atoms with Gasteiger partial charge in [-0.25, -0.2) is 5.43 Å². The molecule has 4 aromatic rings. The molecule has 2 aromatic heterocycles. The number of benzene rings is 2. The van der Waals surface area contributed by atoms with E-state index in [1.807, 2.05) is 78.4 Å². The lowest BCUT2D eigenvalue weighted by Gasteiger charge is -2.11. The number of methoxy groups -OCH3 is 1. The van der Waals surface area contributed by atoms with E-state index in [4.69, 9.17) is 4.74 Å². The third-order valence-electron chi connectivity index (χ3n) is 4.88. The van der Waals surface area contributed by atoms with Crippen LogP contribution in [0.5, 0.6) is 5.75 Å². The molecule has 0 saturated carbocycles. The minimum Gasteiger partial charge on any atom is -0.497 e. The van der Waals surface area contributed by atoms with Crippen LogP contribution >= 0.6 is 23.1 Å². The molecule has 0 spiro atoms. The van der Waals surface area contributed by atoms with Gasteiger partial charge in [-0.3, -0.25) is 9.36 Å². The molecular weight excluding hydrogens is 454 g/mol. The fourth-order valence-electron chi connectivity index (χ4n) is 3.06. The van der Waals surface area contributed by atoms with E-state index in [0.717, 1.165) is 33.0 Å². The van der Waals surface area contributed by atoms with E-state index in [2.05, 4.69) is 20.7 Å². The van der Waals surface area contributed by atoms with Crippen LogP contribution in [0.1, 0.15) is 16.0 Å². The van der Waals surface area contributed by atoms with E-state index < -0.39 is 0 Å². The molecule has 4 rings (SSSR count). The minimum atomic E-state index is -0.213. The van der Waals surface area contributed by atoms with E-state index in [9.17, 15) is 4.79 Å². The lowest BCUT2D eigenvalue weighted by molar-refractivity contribution is -0.118. The summed E-state index contributed by atoms with van der Waals surface area (Å²) in [5, 5.41) is 15.5. The third kappa shape index (κ3) is 5.50. The van der Waals surface area contributed by atoms with Gasteiger partial charge in [0, 0.05) is 16.1 Å². The Morgan fingerprint density at radius 1 is 1.12 bits per heavy atom. The second kappa shape index (κ2) is 10.5. The predicted molar refractivity (Wildman–Crippen MR) is 134 cm³/mol. The van der Waals surface area contributed by atoms with Crippen LogP contribution in [-0.2, 0) is 4.79 Å². The number of hydrogen-bond donors (Lipinski definition) is 1. The summed E-state index contributed by atoms with van der Waals surface area (Å²) < 4.78 is 7.22. The SMILES string of the molecule is COc1ccc(-c2nnc(SCC(=O)N/N=C\c3sccc3C)n2-c2ccc(C)cc2)cc1. The van der Waals surface area contributed by atoms with Crippen molar-refractivity contribution < 1.29 is 9.53 Å². The number of carbonyl (C=O) groups is 1. The largest absolute Gasteiger partial charge is 0.497 e. The van der Waals surface area contributed by atoms with Crippen molar-refractivity contribution in [3.05, 3.63) is 76.0 Å². The van der Waals surface area contributed by atoms with Gasteiger partial charge < -0.3 is 4.74 Å². The van der Waals surface area contributed by atoms with Crippen molar-refractivity contribution in [3.63, 3.8) is 0 Å². The number of thiophene rings is 1. The van der Waals surface area contributed by atoms with E-state index in [1.54, 1.807) is 24.7 Å². The first-order valence-electron chi connectivity index (χ1n) is 10.2. The fraction of sp³-hybridized carbons (Fsp3) is 0.167. The molecule has 2 heterocycles. The van der Waals surface area contributed by atoms with Crippen LogP contribution < -0.4 is 10.2 Å². The highest BCUT2D eigenvalue weighted by Gasteiger charge is 2.17. The van der Waals surface area contributed by atoms with Crippen LogP contribution in [0.3, 0.4) is 0 Å². The molecule has 7 nitrogen and oxygen atoms in total. The Hall–Kier alpha value is -3.43. The molecule has 0 fully saturated rings. The summed E-state index contributed by atoms with van der Waals surface area (Å²) >= 11 is 2.89. The second-order valence-corrected chi connectivity index (χ2v) is 9.15. The van der Waals surface area contributed by atoms with E-state index in [0.29, 0.717) is 11.0 Å². The number of rotatable bonds is 8. The summed E-state index contributed by atoms with van der Waals surface area (Å²) in [5.41, 5.74) is 6.69. The lowest BCUT2D eigenvalue weighted by Crippen LogP contribution is -2.20. The smallest absolute Gasteiger partial charge is 0.250 e. The number of nitrogens with one attached hydrogen (secondary N) is 1. The molecule has 168 valence electrons. The number of aromatic nitrogens is 3. The number of thioether (sulfide) groups is 1. The Bertz CT molecular complexity index is 1260. The minimum absolute atomic E-state index is 0.160. The molecule has 0 aliphatic heterocycles. The average Bonchev–Trinajstić information content (AvgIpc) is 3.44. The highest BCUT2D eigenvalue weighted by atomic mass is 32.2. The van der Waals surface area contributed by atoms with Crippen molar-refractivity contribution in [1.82, 2.24) is 20.2 Å².